The second-order valence-electron chi connectivity index (χ2n) is 5.15. The zero-order valence-corrected chi connectivity index (χ0v) is 14.8. The van der Waals surface area contributed by atoms with Gasteiger partial charge in [-0.15, -0.1) is 0 Å². The van der Waals surface area contributed by atoms with Gasteiger partial charge in [-0.3, -0.25) is 9.79 Å². The second-order valence-corrected chi connectivity index (χ2v) is 6.43. The maximum Gasteiger partial charge on any atom is 0.313 e. The van der Waals surface area contributed by atoms with Gasteiger partial charge in [-0.2, -0.15) is 0 Å². The van der Waals surface area contributed by atoms with Crippen molar-refractivity contribution < 1.29 is 9.53 Å². The molecule has 2 aromatic rings. The highest BCUT2D eigenvalue weighted by molar-refractivity contribution is 6.36. The van der Waals surface area contributed by atoms with E-state index in [1.54, 1.807) is 56.5 Å². The number of hydrogen-bond donors (Lipinski definition) is 0. The molecule has 0 fully saturated rings. The number of nitrogens with zero attached hydrogens (tertiary/aromatic N) is 1. The van der Waals surface area contributed by atoms with E-state index in [0.29, 0.717) is 32.1 Å². The SMILES string of the molecule is CC(C)C(=O)Oc1cc(Cl)cc(C=Nc2ccc(Cl)cc2Cl)c1. The van der Waals surface area contributed by atoms with Gasteiger partial charge < -0.3 is 4.74 Å². The Morgan fingerprint density at radius 3 is 2.48 bits per heavy atom. The van der Waals surface area contributed by atoms with Crippen molar-refractivity contribution in [3.8, 4) is 5.75 Å². The highest BCUT2D eigenvalue weighted by Gasteiger charge is 2.10. The molecule has 0 spiro atoms. The molecular weight excluding hydrogens is 357 g/mol. The molecule has 0 saturated heterocycles. The maximum atomic E-state index is 11.7. The third-order valence-electron chi connectivity index (χ3n) is 2.85. The summed E-state index contributed by atoms with van der Waals surface area (Å²) in [4.78, 5) is 16.0. The van der Waals surface area contributed by atoms with E-state index in [-0.39, 0.29) is 11.9 Å². The van der Waals surface area contributed by atoms with E-state index in [2.05, 4.69) is 4.99 Å². The van der Waals surface area contributed by atoms with E-state index < -0.39 is 0 Å². The number of hydrogen-bond acceptors (Lipinski definition) is 3. The predicted octanol–water partition coefficient (Wildman–Crippen LogP) is 5.96. The highest BCUT2D eigenvalue weighted by Crippen LogP contribution is 2.28. The molecule has 0 aliphatic rings. The summed E-state index contributed by atoms with van der Waals surface area (Å²) in [6.07, 6.45) is 1.59. The molecule has 0 amide bonds. The maximum absolute atomic E-state index is 11.7. The van der Waals surface area contributed by atoms with Crippen LogP contribution in [-0.4, -0.2) is 12.2 Å². The van der Waals surface area contributed by atoms with Gasteiger partial charge in [0.15, 0.2) is 0 Å². The van der Waals surface area contributed by atoms with Crippen LogP contribution in [0.25, 0.3) is 0 Å². The normalized spacial score (nSPS) is 11.2. The molecule has 0 aliphatic heterocycles. The Morgan fingerprint density at radius 2 is 1.83 bits per heavy atom. The minimum atomic E-state index is -0.323. The molecule has 0 atom stereocenters. The van der Waals surface area contributed by atoms with Crippen molar-refractivity contribution >= 4 is 52.7 Å². The Labute approximate surface area is 149 Å². The van der Waals surface area contributed by atoms with Crippen LogP contribution in [0.2, 0.25) is 15.1 Å². The largest absolute Gasteiger partial charge is 0.426 e. The van der Waals surface area contributed by atoms with E-state index in [9.17, 15) is 4.79 Å². The number of halogens is 3. The molecule has 2 rings (SSSR count). The second kappa shape index (κ2) is 7.82. The van der Waals surface area contributed by atoms with Crippen molar-refractivity contribution in [2.75, 3.05) is 0 Å². The van der Waals surface area contributed by atoms with Crippen LogP contribution in [0.15, 0.2) is 41.4 Å². The van der Waals surface area contributed by atoms with Gasteiger partial charge in [0.2, 0.25) is 0 Å². The molecule has 0 aliphatic carbocycles. The van der Waals surface area contributed by atoms with Crippen LogP contribution in [0.3, 0.4) is 0 Å². The lowest BCUT2D eigenvalue weighted by Gasteiger charge is -2.08. The van der Waals surface area contributed by atoms with Gasteiger partial charge in [0, 0.05) is 16.3 Å². The summed E-state index contributed by atoms with van der Waals surface area (Å²) in [6.45, 7) is 3.52. The predicted molar refractivity (Wildman–Crippen MR) is 95.6 cm³/mol. The van der Waals surface area contributed by atoms with Gasteiger partial charge in [0.05, 0.1) is 16.6 Å². The first kappa shape index (κ1) is 17.8. The van der Waals surface area contributed by atoms with Gasteiger partial charge in [0.1, 0.15) is 5.75 Å². The molecular formula is C17H14Cl3NO2. The molecule has 0 N–H and O–H groups in total. The molecule has 0 bridgehead atoms. The van der Waals surface area contributed by atoms with Crippen LogP contribution in [0.5, 0.6) is 5.75 Å². The third kappa shape index (κ3) is 5.24. The van der Waals surface area contributed by atoms with Crippen LogP contribution in [0, 0.1) is 5.92 Å². The molecule has 0 unspecified atom stereocenters. The number of carbonyl (C=O) groups excluding carboxylic acids is 1. The molecule has 0 aromatic heterocycles. The Balaban J connectivity index is 2.24. The number of benzene rings is 2. The summed E-state index contributed by atoms with van der Waals surface area (Å²) in [6, 6.07) is 10.00. The van der Waals surface area contributed by atoms with Crippen molar-refractivity contribution in [1.82, 2.24) is 0 Å². The summed E-state index contributed by atoms with van der Waals surface area (Å²) < 4.78 is 5.26. The smallest absolute Gasteiger partial charge is 0.313 e. The van der Waals surface area contributed by atoms with Gasteiger partial charge in [-0.25, -0.2) is 0 Å². The van der Waals surface area contributed by atoms with Gasteiger partial charge in [-0.05, 0) is 42.0 Å². The van der Waals surface area contributed by atoms with Crippen LogP contribution in [0.1, 0.15) is 19.4 Å². The molecule has 23 heavy (non-hydrogen) atoms. The fraction of sp³-hybridized carbons (Fsp3) is 0.176. The zero-order valence-electron chi connectivity index (χ0n) is 12.5. The topological polar surface area (TPSA) is 38.7 Å². The Hall–Kier alpha value is -1.55. The molecule has 3 nitrogen and oxygen atoms in total. The minimum Gasteiger partial charge on any atom is -0.426 e. The van der Waals surface area contributed by atoms with Crippen LogP contribution in [-0.2, 0) is 4.79 Å². The van der Waals surface area contributed by atoms with E-state index >= 15 is 0 Å². The van der Waals surface area contributed by atoms with Crippen molar-refractivity contribution in [1.29, 1.82) is 0 Å². The van der Waals surface area contributed by atoms with E-state index in [0.717, 1.165) is 0 Å². The quantitative estimate of drug-likeness (QED) is 0.378. The Bertz CT molecular complexity index is 757. The standard InChI is InChI=1S/C17H14Cl3NO2/c1-10(2)17(22)23-14-6-11(5-13(19)7-14)9-21-16-4-3-12(18)8-15(16)20/h3-10H,1-2H3. The van der Waals surface area contributed by atoms with Crippen LogP contribution < -0.4 is 4.74 Å². The van der Waals surface area contributed by atoms with E-state index in [1.165, 1.54) is 0 Å². The molecule has 0 saturated carbocycles. The van der Waals surface area contributed by atoms with Crippen molar-refractivity contribution in [3.05, 3.63) is 57.0 Å². The molecule has 120 valence electrons. The van der Waals surface area contributed by atoms with Crippen LogP contribution in [0.4, 0.5) is 5.69 Å². The van der Waals surface area contributed by atoms with E-state index in [1.807, 2.05) is 0 Å². The first-order chi connectivity index (χ1) is 10.8. The summed E-state index contributed by atoms with van der Waals surface area (Å²) >= 11 is 18.0. The van der Waals surface area contributed by atoms with Gasteiger partial charge in [-0.1, -0.05) is 48.7 Å². The molecule has 6 heteroatoms. The fourth-order valence-corrected chi connectivity index (χ4v) is 2.37. The summed E-state index contributed by atoms with van der Waals surface area (Å²) in [5, 5.41) is 1.43. The van der Waals surface area contributed by atoms with Gasteiger partial charge >= 0.3 is 5.97 Å². The minimum absolute atomic E-state index is 0.223. The number of esters is 1. The summed E-state index contributed by atoms with van der Waals surface area (Å²) in [5.74, 6) is -0.172. The Morgan fingerprint density at radius 1 is 1.09 bits per heavy atom. The van der Waals surface area contributed by atoms with E-state index in [4.69, 9.17) is 39.5 Å². The molecule has 0 radical (unpaired) electrons. The van der Waals surface area contributed by atoms with Crippen molar-refractivity contribution in [2.24, 2.45) is 10.9 Å². The van der Waals surface area contributed by atoms with Crippen LogP contribution >= 0.6 is 34.8 Å². The Kier molecular flexibility index (Phi) is 6.05. The number of ether oxygens (including phenoxy) is 1. The lowest BCUT2D eigenvalue weighted by atomic mass is 10.2. The lowest BCUT2D eigenvalue weighted by molar-refractivity contribution is -0.137. The number of aliphatic imine (C=N–C) groups is 1. The summed E-state index contributed by atoms with van der Waals surface area (Å²) in [5.41, 5.74) is 1.27. The first-order valence-electron chi connectivity index (χ1n) is 6.86. The lowest BCUT2D eigenvalue weighted by Crippen LogP contribution is -2.14. The van der Waals surface area contributed by atoms with Gasteiger partial charge in [0.25, 0.3) is 0 Å². The zero-order chi connectivity index (χ0) is 17.0. The highest BCUT2D eigenvalue weighted by atomic mass is 35.5. The number of carbonyl (C=O) groups is 1. The monoisotopic (exact) mass is 369 g/mol. The molecule has 0 heterocycles. The average Bonchev–Trinajstić information content (AvgIpc) is 2.45. The third-order valence-corrected chi connectivity index (χ3v) is 3.60. The van der Waals surface area contributed by atoms with Crippen molar-refractivity contribution in [3.63, 3.8) is 0 Å². The number of rotatable bonds is 4. The summed E-state index contributed by atoms with van der Waals surface area (Å²) in [7, 11) is 0. The first-order valence-corrected chi connectivity index (χ1v) is 8.00. The fourth-order valence-electron chi connectivity index (χ4n) is 1.68. The average molecular weight is 371 g/mol. The molecule has 2 aromatic carbocycles. The van der Waals surface area contributed by atoms with Crippen molar-refractivity contribution in [2.45, 2.75) is 13.8 Å².